The highest BCUT2D eigenvalue weighted by Gasteiger charge is 2.38. The van der Waals surface area contributed by atoms with Crippen LogP contribution in [0.4, 0.5) is 24.5 Å². The molecule has 4 N–H and O–H groups in total. The van der Waals surface area contributed by atoms with E-state index < -0.39 is 18.0 Å². The van der Waals surface area contributed by atoms with E-state index in [1.807, 2.05) is 0 Å². The van der Waals surface area contributed by atoms with Crippen molar-refractivity contribution in [3.63, 3.8) is 0 Å². The first kappa shape index (κ1) is 16.3. The Balaban J connectivity index is 2.87. The molecule has 0 heterocycles. The van der Waals surface area contributed by atoms with Gasteiger partial charge in [0, 0.05) is 18.7 Å². The number of halogens is 4. The second-order valence-corrected chi connectivity index (χ2v) is 4.14. The number of nitrogens with two attached hydrogens (primary N) is 1. The summed E-state index contributed by atoms with van der Waals surface area (Å²) in [5.74, 6) is -2.55. The maximum absolute atomic E-state index is 12.1. The van der Waals surface area contributed by atoms with Gasteiger partial charge in [-0.2, -0.15) is 13.2 Å². The highest BCUT2D eigenvalue weighted by Crippen LogP contribution is 2.27. The van der Waals surface area contributed by atoms with Gasteiger partial charge >= 0.3 is 12.1 Å². The van der Waals surface area contributed by atoms with Crippen molar-refractivity contribution in [3.8, 4) is 0 Å². The molecule has 0 aliphatic heterocycles. The lowest BCUT2D eigenvalue weighted by atomic mass is 10.2. The van der Waals surface area contributed by atoms with E-state index in [-0.39, 0.29) is 29.4 Å². The molecule has 1 aromatic carbocycles. The molecule has 0 aromatic heterocycles. The summed E-state index contributed by atoms with van der Waals surface area (Å²) in [6.45, 7) is 0.136. The first-order valence-corrected chi connectivity index (χ1v) is 5.79. The Morgan fingerprint density at radius 1 is 1.25 bits per heavy atom. The third-order valence-corrected chi connectivity index (χ3v) is 2.46. The fourth-order valence-corrected chi connectivity index (χ4v) is 1.41. The highest BCUT2D eigenvalue weighted by atomic mass is 35.5. The van der Waals surface area contributed by atoms with Crippen LogP contribution in [0, 0.1) is 0 Å². The van der Waals surface area contributed by atoms with E-state index in [1.54, 1.807) is 5.32 Å². The normalized spacial score (nSPS) is 11.1. The number of carbonyl (C=O) groups is 2. The topological polar surface area (TPSA) is 84.2 Å². The van der Waals surface area contributed by atoms with Crippen LogP contribution in [0.15, 0.2) is 18.2 Å². The summed E-state index contributed by atoms with van der Waals surface area (Å²) in [5.41, 5.74) is 5.14. The van der Waals surface area contributed by atoms with Gasteiger partial charge in [0.15, 0.2) is 0 Å². The zero-order valence-electron chi connectivity index (χ0n) is 10.1. The quantitative estimate of drug-likeness (QED) is 0.796. The van der Waals surface area contributed by atoms with Crippen molar-refractivity contribution in [2.45, 2.75) is 12.6 Å². The predicted octanol–water partition coefficient (Wildman–Crippen LogP) is 2.13. The van der Waals surface area contributed by atoms with Crippen molar-refractivity contribution in [1.29, 1.82) is 0 Å². The molecule has 0 radical (unpaired) electrons. The van der Waals surface area contributed by atoms with Crippen LogP contribution in [-0.4, -0.2) is 24.5 Å². The maximum atomic E-state index is 12.1. The number of anilines is 2. The average molecular weight is 310 g/mol. The Hall–Kier alpha value is -1.80. The van der Waals surface area contributed by atoms with E-state index in [2.05, 4.69) is 5.32 Å². The van der Waals surface area contributed by atoms with Crippen LogP contribution in [-0.2, 0) is 9.59 Å². The number of benzene rings is 1. The number of alkyl halides is 3. The van der Waals surface area contributed by atoms with Crippen LogP contribution in [0.3, 0.4) is 0 Å². The van der Waals surface area contributed by atoms with Crippen molar-refractivity contribution >= 4 is 34.8 Å². The van der Waals surface area contributed by atoms with Crippen LogP contribution < -0.4 is 16.4 Å². The molecule has 0 fully saturated rings. The third kappa shape index (κ3) is 4.71. The molecule has 1 rings (SSSR count). The Bertz CT molecular complexity index is 520. The molecule has 1 aromatic rings. The highest BCUT2D eigenvalue weighted by molar-refractivity contribution is 6.34. The molecule has 20 heavy (non-hydrogen) atoms. The zero-order chi connectivity index (χ0) is 15.3. The summed E-state index contributed by atoms with van der Waals surface area (Å²) in [7, 11) is 0. The van der Waals surface area contributed by atoms with Gasteiger partial charge in [-0.25, -0.2) is 0 Å². The third-order valence-electron chi connectivity index (χ3n) is 2.13. The van der Waals surface area contributed by atoms with Gasteiger partial charge in [-0.1, -0.05) is 11.6 Å². The van der Waals surface area contributed by atoms with Crippen molar-refractivity contribution in [2.75, 3.05) is 17.2 Å². The van der Waals surface area contributed by atoms with Gasteiger partial charge in [0.2, 0.25) is 5.91 Å². The summed E-state index contributed by atoms with van der Waals surface area (Å²) in [6.07, 6.45) is -4.96. The Morgan fingerprint density at radius 3 is 2.45 bits per heavy atom. The van der Waals surface area contributed by atoms with E-state index in [0.29, 0.717) is 0 Å². The molecule has 2 amide bonds. The Kier molecular flexibility index (Phi) is 5.34. The lowest BCUT2D eigenvalue weighted by Crippen LogP contribution is -2.30. The van der Waals surface area contributed by atoms with E-state index >= 15 is 0 Å². The SMILES string of the molecule is NCCC(=O)Nc1ccc(Cl)c(NC(=O)C(F)(F)F)c1. The molecule has 0 aliphatic rings. The monoisotopic (exact) mass is 309 g/mol. The minimum absolute atomic E-state index is 0.0624. The van der Waals surface area contributed by atoms with Crippen LogP contribution in [0.5, 0.6) is 0 Å². The van der Waals surface area contributed by atoms with E-state index in [9.17, 15) is 22.8 Å². The largest absolute Gasteiger partial charge is 0.471 e. The van der Waals surface area contributed by atoms with Gasteiger partial charge in [-0.05, 0) is 18.2 Å². The van der Waals surface area contributed by atoms with Gasteiger partial charge in [0.05, 0.1) is 10.7 Å². The van der Waals surface area contributed by atoms with Crippen LogP contribution in [0.25, 0.3) is 0 Å². The minimum atomic E-state index is -5.03. The summed E-state index contributed by atoms with van der Waals surface area (Å²) in [6, 6.07) is 3.77. The van der Waals surface area contributed by atoms with Gasteiger partial charge in [0.25, 0.3) is 0 Å². The van der Waals surface area contributed by atoms with Gasteiger partial charge < -0.3 is 16.4 Å². The molecule has 0 unspecified atom stereocenters. The molecule has 9 heteroatoms. The number of carbonyl (C=O) groups excluding carboxylic acids is 2. The van der Waals surface area contributed by atoms with Crippen LogP contribution in [0.1, 0.15) is 6.42 Å². The number of amides is 2. The van der Waals surface area contributed by atoms with Crippen molar-refractivity contribution in [3.05, 3.63) is 23.2 Å². The molecule has 0 bridgehead atoms. The standard InChI is InChI=1S/C11H11ClF3N3O2/c12-7-2-1-6(17-9(19)3-4-16)5-8(7)18-10(20)11(13,14)15/h1-2,5H,3-4,16H2,(H,17,19)(H,18,20). The van der Waals surface area contributed by atoms with E-state index in [1.165, 1.54) is 12.1 Å². The fourth-order valence-electron chi connectivity index (χ4n) is 1.25. The molecule has 0 saturated heterocycles. The van der Waals surface area contributed by atoms with Gasteiger partial charge in [-0.15, -0.1) is 0 Å². The molecular weight excluding hydrogens is 299 g/mol. The first-order chi connectivity index (χ1) is 9.24. The number of nitrogens with one attached hydrogen (secondary N) is 2. The lowest BCUT2D eigenvalue weighted by molar-refractivity contribution is -0.167. The number of hydrogen-bond acceptors (Lipinski definition) is 3. The summed E-state index contributed by atoms with van der Waals surface area (Å²) >= 11 is 5.67. The fraction of sp³-hybridized carbons (Fsp3) is 0.273. The van der Waals surface area contributed by atoms with Crippen LogP contribution in [0.2, 0.25) is 5.02 Å². The second-order valence-electron chi connectivity index (χ2n) is 3.73. The van der Waals surface area contributed by atoms with Crippen molar-refractivity contribution in [2.24, 2.45) is 5.73 Å². The molecule has 0 atom stereocenters. The lowest BCUT2D eigenvalue weighted by Gasteiger charge is -2.11. The molecule has 0 aliphatic carbocycles. The van der Waals surface area contributed by atoms with Gasteiger partial charge in [-0.3, -0.25) is 9.59 Å². The smallest absolute Gasteiger partial charge is 0.330 e. The Labute approximate surface area is 117 Å². The second kappa shape index (κ2) is 6.58. The van der Waals surface area contributed by atoms with E-state index in [0.717, 1.165) is 6.07 Å². The maximum Gasteiger partial charge on any atom is 0.471 e. The molecule has 0 saturated carbocycles. The molecule has 0 spiro atoms. The van der Waals surface area contributed by atoms with Crippen molar-refractivity contribution < 1.29 is 22.8 Å². The van der Waals surface area contributed by atoms with Crippen molar-refractivity contribution in [1.82, 2.24) is 0 Å². The molecule has 110 valence electrons. The summed E-state index contributed by atoms with van der Waals surface area (Å²) in [5, 5.41) is 3.95. The molecular formula is C11H11ClF3N3O2. The van der Waals surface area contributed by atoms with Crippen LogP contribution >= 0.6 is 11.6 Å². The zero-order valence-corrected chi connectivity index (χ0v) is 10.8. The average Bonchev–Trinajstić information content (AvgIpc) is 2.32. The van der Waals surface area contributed by atoms with Gasteiger partial charge in [0.1, 0.15) is 0 Å². The number of hydrogen-bond donors (Lipinski definition) is 3. The first-order valence-electron chi connectivity index (χ1n) is 5.41. The number of rotatable bonds is 4. The summed E-state index contributed by atoms with van der Waals surface area (Å²) < 4.78 is 36.4. The summed E-state index contributed by atoms with van der Waals surface area (Å²) in [4.78, 5) is 22.1. The van der Waals surface area contributed by atoms with E-state index in [4.69, 9.17) is 17.3 Å². The predicted molar refractivity (Wildman–Crippen MR) is 68.4 cm³/mol. The molecule has 5 nitrogen and oxygen atoms in total. The minimum Gasteiger partial charge on any atom is -0.330 e. The Morgan fingerprint density at radius 2 is 1.90 bits per heavy atom.